The summed E-state index contributed by atoms with van der Waals surface area (Å²) in [6.45, 7) is 1.81. The Bertz CT molecular complexity index is 2190. The average Bonchev–Trinajstić information content (AvgIpc) is 3.71. The number of nitrogens with zero attached hydrogens (tertiary/aromatic N) is 4. The molecular weight excluding hydrogens is 675 g/mol. The minimum atomic E-state index is -4.94. The average molecular weight is 693 g/mol. The summed E-state index contributed by atoms with van der Waals surface area (Å²) in [6, 6.07) is 11.5. The molecule has 0 aliphatic rings. The molecule has 3 N–H and O–H groups in total. The van der Waals surface area contributed by atoms with Crippen molar-refractivity contribution >= 4 is 67.6 Å². The SMILES string of the molecule is COc1cccc(-c2cc(C(F)(F)F)n3nc(C(=O)Nc4c(C(N)=O)sc5nc(C(F)F)cc(-c6ccc(C)s6)c45)c(Cl)c3n2)c1. The molecule has 0 saturated heterocycles. The van der Waals surface area contributed by atoms with E-state index in [1.54, 1.807) is 31.2 Å². The van der Waals surface area contributed by atoms with E-state index in [1.165, 1.54) is 30.6 Å². The number of aromatic nitrogens is 4. The molecule has 6 aromatic rings. The summed E-state index contributed by atoms with van der Waals surface area (Å²) < 4.78 is 75.9. The third-order valence-electron chi connectivity index (χ3n) is 6.78. The van der Waals surface area contributed by atoms with Gasteiger partial charge < -0.3 is 15.8 Å². The molecule has 5 aromatic heterocycles. The third-order valence-corrected chi connectivity index (χ3v) is 9.26. The molecule has 0 unspecified atom stereocenters. The van der Waals surface area contributed by atoms with Crippen LogP contribution in [0.5, 0.6) is 5.75 Å². The zero-order valence-electron chi connectivity index (χ0n) is 23.4. The number of amides is 2. The zero-order valence-corrected chi connectivity index (χ0v) is 25.8. The van der Waals surface area contributed by atoms with Crippen LogP contribution in [0, 0.1) is 6.92 Å². The first-order valence-corrected chi connectivity index (χ1v) is 15.0. The lowest BCUT2D eigenvalue weighted by Crippen LogP contribution is -2.18. The molecule has 236 valence electrons. The van der Waals surface area contributed by atoms with Gasteiger partial charge in [0.1, 0.15) is 26.2 Å². The van der Waals surface area contributed by atoms with Gasteiger partial charge in [-0.05, 0) is 43.3 Å². The summed E-state index contributed by atoms with van der Waals surface area (Å²) in [7, 11) is 1.40. The molecule has 0 saturated carbocycles. The number of benzene rings is 1. The first-order chi connectivity index (χ1) is 21.8. The number of rotatable bonds is 7. The highest BCUT2D eigenvalue weighted by Crippen LogP contribution is 2.44. The van der Waals surface area contributed by atoms with Crippen molar-refractivity contribution in [3.63, 3.8) is 0 Å². The van der Waals surface area contributed by atoms with E-state index in [9.17, 15) is 31.5 Å². The summed E-state index contributed by atoms with van der Waals surface area (Å²) in [6.07, 6.45) is -7.89. The molecule has 1 aromatic carbocycles. The van der Waals surface area contributed by atoms with Gasteiger partial charge in [0.05, 0.1) is 18.5 Å². The van der Waals surface area contributed by atoms with Crippen LogP contribution < -0.4 is 15.8 Å². The van der Waals surface area contributed by atoms with E-state index in [-0.39, 0.29) is 37.6 Å². The number of nitrogens with two attached hydrogens (primary N) is 1. The second-order valence-electron chi connectivity index (χ2n) is 9.76. The van der Waals surface area contributed by atoms with Crippen molar-refractivity contribution in [2.45, 2.75) is 19.5 Å². The molecule has 46 heavy (non-hydrogen) atoms. The van der Waals surface area contributed by atoms with Gasteiger partial charge in [0, 0.05) is 26.3 Å². The third kappa shape index (κ3) is 5.52. The fraction of sp³-hybridized carbons (Fsp3) is 0.138. The van der Waals surface area contributed by atoms with Crippen LogP contribution >= 0.6 is 34.3 Å². The molecule has 0 spiro atoms. The number of alkyl halides is 5. The predicted octanol–water partition coefficient (Wildman–Crippen LogP) is 8.01. The topological polar surface area (TPSA) is 124 Å². The van der Waals surface area contributed by atoms with Crippen LogP contribution in [0.3, 0.4) is 0 Å². The van der Waals surface area contributed by atoms with Crippen molar-refractivity contribution in [3.8, 4) is 27.4 Å². The lowest BCUT2D eigenvalue weighted by molar-refractivity contribution is -0.142. The minimum absolute atomic E-state index is 0.0204. The van der Waals surface area contributed by atoms with Gasteiger partial charge in [0.15, 0.2) is 17.0 Å². The molecular formula is C29H18ClF5N6O3S2. The second-order valence-corrected chi connectivity index (χ2v) is 12.4. The number of pyridine rings is 1. The minimum Gasteiger partial charge on any atom is -0.497 e. The van der Waals surface area contributed by atoms with Crippen LogP contribution in [0.25, 0.3) is 37.6 Å². The predicted molar refractivity (Wildman–Crippen MR) is 164 cm³/mol. The summed E-state index contributed by atoms with van der Waals surface area (Å²) in [5.74, 6) is -1.75. The largest absolute Gasteiger partial charge is 0.497 e. The highest BCUT2D eigenvalue weighted by Gasteiger charge is 2.37. The smallest absolute Gasteiger partial charge is 0.433 e. The number of thiophene rings is 2. The number of hydrogen-bond donors (Lipinski definition) is 2. The Morgan fingerprint density at radius 1 is 1.09 bits per heavy atom. The number of primary amides is 1. The van der Waals surface area contributed by atoms with E-state index in [0.29, 0.717) is 26.5 Å². The highest BCUT2D eigenvalue weighted by atomic mass is 35.5. The second kappa shape index (κ2) is 11.6. The van der Waals surface area contributed by atoms with Gasteiger partial charge >= 0.3 is 6.18 Å². The quantitative estimate of drug-likeness (QED) is 0.163. The molecule has 5 heterocycles. The lowest BCUT2D eigenvalue weighted by atomic mass is 10.1. The molecule has 0 bridgehead atoms. The summed E-state index contributed by atoms with van der Waals surface area (Å²) in [5, 5.41) is 5.94. The van der Waals surface area contributed by atoms with Crippen molar-refractivity contribution in [2.75, 3.05) is 12.4 Å². The number of anilines is 1. The lowest BCUT2D eigenvalue weighted by Gasteiger charge is -2.11. The number of carbonyl (C=O) groups is 2. The number of hydrogen-bond acceptors (Lipinski definition) is 8. The fourth-order valence-corrected chi connectivity index (χ4v) is 6.89. The van der Waals surface area contributed by atoms with E-state index >= 15 is 0 Å². The van der Waals surface area contributed by atoms with Gasteiger partial charge in [0.25, 0.3) is 18.2 Å². The number of fused-ring (bicyclic) bond motifs is 2. The Labute approximate surface area is 268 Å². The van der Waals surface area contributed by atoms with Gasteiger partial charge in [-0.3, -0.25) is 9.59 Å². The van der Waals surface area contributed by atoms with Crippen LogP contribution in [0.1, 0.15) is 42.9 Å². The first-order valence-electron chi connectivity index (χ1n) is 13.0. The Kier molecular flexibility index (Phi) is 7.90. The Morgan fingerprint density at radius 3 is 2.48 bits per heavy atom. The maximum absolute atomic E-state index is 14.3. The number of aryl methyl sites for hydroxylation is 1. The Hall–Kier alpha value is -4.67. The van der Waals surface area contributed by atoms with Crippen molar-refractivity contribution in [1.29, 1.82) is 0 Å². The van der Waals surface area contributed by atoms with E-state index in [1.807, 2.05) is 0 Å². The zero-order chi connectivity index (χ0) is 33.1. The van der Waals surface area contributed by atoms with Gasteiger partial charge in [-0.15, -0.1) is 22.7 Å². The van der Waals surface area contributed by atoms with Crippen molar-refractivity contribution in [3.05, 3.63) is 80.4 Å². The van der Waals surface area contributed by atoms with E-state index in [0.717, 1.165) is 17.0 Å². The van der Waals surface area contributed by atoms with Gasteiger partial charge in [-0.25, -0.2) is 23.3 Å². The van der Waals surface area contributed by atoms with Crippen LogP contribution in [-0.2, 0) is 6.18 Å². The Morgan fingerprint density at radius 2 is 1.85 bits per heavy atom. The van der Waals surface area contributed by atoms with E-state index in [2.05, 4.69) is 20.4 Å². The number of nitrogens with one attached hydrogen (secondary N) is 1. The van der Waals surface area contributed by atoms with Crippen LogP contribution in [0.4, 0.5) is 27.6 Å². The first kappa shape index (κ1) is 31.3. The molecule has 0 radical (unpaired) electrons. The van der Waals surface area contributed by atoms with Crippen molar-refractivity contribution in [1.82, 2.24) is 19.6 Å². The van der Waals surface area contributed by atoms with E-state index < -0.39 is 52.2 Å². The molecule has 0 aliphatic heterocycles. The summed E-state index contributed by atoms with van der Waals surface area (Å²) >= 11 is 8.40. The van der Waals surface area contributed by atoms with Crippen molar-refractivity contribution < 1.29 is 36.3 Å². The standard InChI is InChI=1S/C29H18ClF5N6O3S2/c1-11-6-7-17(45-11)14-9-16(24(31)32)38-28-19(14)21(23(46-28)25(36)42)39-27(43)22-20(30)26-37-15(12-4-3-5-13(8-12)44-2)10-18(29(33,34)35)41(26)40-22/h3-10,24H,1-2H3,(H2,36,42)(H,39,43). The van der Waals surface area contributed by atoms with Crippen LogP contribution in [-0.4, -0.2) is 38.5 Å². The van der Waals surface area contributed by atoms with Crippen molar-refractivity contribution in [2.24, 2.45) is 5.73 Å². The highest BCUT2D eigenvalue weighted by molar-refractivity contribution is 7.21. The van der Waals surface area contributed by atoms with Crippen LogP contribution in [0.2, 0.25) is 5.02 Å². The normalized spacial score (nSPS) is 11.9. The molecule has 0 fully saturated rings. The van der Waals surface area contributed by atoms with E-state index in [4.69, 9.17) is 22.1 Å². The Balaban J connectivity index is 1.52. The molecule has 9 nitrogen and oxygen atoms in total. The molecule has 6 rings (SSSR count). The maximum atomic E-state index is 14.3. The van der Waals surface area contributed by atoms with Gasteiger partial charge in [0.2, 0.25) is 0 Å². The number of halogens is 6. The molecule has 0 aliphatic carbocycles. The fourth-order valence-electron chi connectivity index (χ4n) is 4.74. The maximum Gasteiger partial charge on any atom is 0.433 e. The number of ether oxygens (including phenoxy) is 1. The number of methoxy groups -OCH3 is 1. The van der Waals surface area contributed by atoms with Gasteiger partial charge in [-0.2, -0.15) is 18.3 Å². The molecule has 17 heteroatoms. The van der Waals surface area contributed by atoms with Gasteiger partial charge in [-0.1, -0.05) is 23.7 Å². The molecule has 2 amide bonds. The summed E-state index contributed by atoms with van der Waals surface area (Å²) in [5.41, 5.74) is 2.85. The van der Waals surface area contributed by atoms with Crippen LogP contribution in [0.15, 0.2) is 48.5 Å². The number of carbonyl (C=O) groups excluding carboxylic acids is 2. The summed E-state index contributed by atoms with van der Waals surface area (Å²) in [4.78, 5) is 35.5. The molecule has 0 atom stereocenters. The monoisotopic (exact) mass is 692 g/mol.